The number of anilines is 1. The van der Waals surface area contributed by atoms with Gasteiger partial charge in [-0.2, -0.15) is 5.10 Å². The van der Waals surface area contributed by atoms with E-state index in [0.29, 0.717) is 6.42 Å². The molecule has 7 nitrogen and oxygen atoms in total. The molecule has 0 aliphatic carbocycles. The van der Waals surface area contributed by atoms with E-state index in [9.17, 15) is 9.59 Å². The number of benzene rings is 1. The third-order valence-electron chi connectivity index (χ3n) is 4.72. The molecule has 3 rings (SSSR count). The van der Waals surface area contributed by atoms with E-state index < -0.39 is 6.04 Å². The molecule has 0 bridgehead atoms. The van der Waals surface area contributed by atoms with E-state index in [1.54, 1.807) is 17.9 Å². The van der Waals surface area contributed by atoms with Crippen LogP contribution in [0.3, 0.4) is 0 Å². The van der Waals surface area contributed by atoms with E-state index >= 15 is 0 Å². The monoisotopic (exact) mass is 355 g/mol. The molecule has 2 aromatic rings. The number of rotatable bonds is 6. The Bertz CT molecular complexity index is 801. The first-order valence-corrected chi connectivity index (χ1v) is 8.86. The Morgan fingerprint density at radius 3 is 2.73 bits per heavy atom. The fourth-order valence-corrected chi connectivity index (χ4v) is 3.30. The number of hydrogen-bond donors (Lipinski definition) is 2. The number of carbonyl (C=O) groups is 2. The molecule has 1 saturated heterocycles. The highest BCUT2D eigenvalue weighted by Gasteiger charge is 2.24. The van der Waals surface area contributed by atoms with Crippen LogP contribution in [0, 0.1) is 0 Å². The lowest BCUT2D eigenvalue weighted by Gasteiger charge is -2.21. The van der Waals surface area contributed by atoms with Crippen molar-refractivity contribution in [2.45, 2.75) is 31.8 Å². The van der Waals surface area contributed by atoms with Crippen molar-refractivity contribution in [2.24, 2.45) is 7.05 Å². The van der Waals surface area contributed by atoms with Crippen molar-refractivity contribution < 1.29 is 9.59 Å². The summed E-state index contributed by atoms with van der Waals surface area (Å²) < 4.78 is 1.67. The molecule has 1 aromatic carbocycles. The highest BCUT2D eigenvalue weighted by atomic mass is 16.2. The molecule has 2 unspecified atom stereocenters. The number of aryl methyl sites for hydroxylation is 1. The van der Waals surface area contributed by atoms with Crippen molar-refractivity contribution in [1.82, 2.24) is 20.4 Å². The number of carbonyl (C=O) groups excluding carboxylic acids is 2. The summed E-state index contributed by atoms with van der Waals surface area (Å²) >= 11 is 0. The summed E-state index contributed by atoms with van der Waals surface area (Å²) in [5.74, 6) is 0.0429. The summed E-state index contributed by atoms with van der Waals surface area (Å²) in [4.78, 5) is 26.5. The Hall–Kier alpha value is -2.67. The fraction of sp³-hybridized carbons (Fsp3) is 0.421. The fourth-order valence-electron chi connectivity index (χ4n) is 3.30. The van der Waals surface area contributed by atoms with E-state index in [0.717, 1.165) is 29.8 Å². The molecule has 1 aliphatic heterocycles. The van der Waals surface area contributed by atoms with Crippen LogP contribution >= 0.6 is 0 Å². The molecule has 2 atom stereocenters. The smallest absolute Gasteiger partial charge is 0.242 e. The predicted molar refractivity (Wildman–Crippen MR) is 99.6 cm³/mol. The topological polar surface area (TPSA) is 79.3 Å². The highest BCUT2D eigenvalue weighted by molar-refractivity contribution is 5.95. The van der Waals surface area contributed by atoms with Crippen LogP contribution in [0.15, 0.2) is 36.7 Å². The van der Waals surface area contributed by atoms with E-state index in [1.165, 1.54) is 0 Å². The zero-order valence-electron chi connectivity index (χ0n) is 15.4. The van der Waals surface area contributed by atoms with Crippen LogP contribution in [0.25, 0.3) is 0 Å². The average molecular weight is 355 g/mol. The van der Waals surface area contributed by atoms with Gasteiger partial charge in [-0.25, -0.2) is 0 Å². The summed E-state index contributed by atoms with van der Waals surface area (Å²) in [6, 6.07) is 7.17. The minimum Gasteiger partial charge on any atom is -0.348 e. The molecule has 0 spiro atoms. The van der Waals surface area contributed by atoms with Gasteiger partial charge in [-0.3, -0.25) is 14.3 Å². The van der Waals surface area contributed by atoms with E-state index in [2.05, 4.69) is 15.7 Å². The van der Waals surface area contributed by atoms with Gasteiger partial charge in [0.05, 0.1) is 12.2 Å². The largest absolute Gasteiger partial charge is 0.348 e. The van der Waals surface area contributed by atoms with Gasteiger partial charge in [0, 0.05) is 37.5 Å². The molecule has 2 amide bonds. The van der Waals surface area contributed by atoms with Gasteiger partial charge in [0.1, 0.15) is 6.04 Å². The summed E-state index contributed by atoms with van der Waals surface area (Å²) in [5, 5.41) is 10.2. The number of hydrogen-bond acceptors (Lipinski definition) is 4. The van der Waals surface area contributed by atoms with Gasteiger partial charge >= 0.3 is 0 Å². The summed E-state index contributed by atoms with van der Waals surface area (Å²) in [6.07, 6.45) is 5.01. The third kappa shape index (κ3) is 3.77. The van der Waals surface area contributed by atoms with Crippen LogP contribution in [-0.2, 0) is 16.6 Å². The first-order valence-electron chi connectivity index (χ1n) is 8.86. The summed E-state index contributed by atoms with van der Waals surface area (Å²) in [7, 11) is 3.57. The van der Waals surface area contributed by atoms with E-state index in [4.69, 9.17) is 0 Å². The lowest BCUT2D eigenvalue weighted by atomic mass is 10.1. The van der Waals surface area contributed by atoms with Crippen LogP contribution in [0.1, 0.15) is 43.0 Å². The summed E-state index contributed by atoms with van der Waals surface area (Å²) in [6.45, 7) is 2.70. The summed E-state index contributed by atoms with van der Waals surface area (Å²) in [5.41, 5.74) is 2.68. The first-order chi connectivity index (χ1) is 12.5. The average Bonchev–Trinajstić information content (AvgIpc) is 3.24. The minimum absolute atomic E-state index is 0.115. The minimum atomic E-state index is -0.463. The number of nitrogens with one attached hydrogen (secondary N) is 2. The zero-order valence-corrected chi connectivity index (χ0v) is 15.4. The van der Waals surface area contributed by atoms with Gasteiger partial charge in [0.25, 0.3) is 0 Å². The lowest BCUT2D eigenvalue weighted by molar-refractivity contribution is -0.123. The lowest BCUT2D eigenvalue weighted by Crippen LogP contribution is -2.37. The van der Waals surface area contributed by atoms with Crippen molar-refractivity contribution in [2.75, 3.05) is 18.5 Å². The first kappa shape index (κ1) is 18.1. The molecule has 2 N–H and O–H groups in total. The van der Waals surface area contributed by atoms with Crippen LogP contribution in [0.4, 0.5) is 5.69 Å². The van der Waals surface area contributed by atoms with Gasteiger partial charge < -0.3 is 15.5 Å². The molecule has 1 aliphatic rings. The maximum Gasteiger partial charge on any atom is 0.242 e. The van der Waals surface area contributed by atoms with Crippen molar-refractivity contribution in [3.05, 3.63) is 47.8 Å². The number of amides is 2. The second kappa shape index (κ2) is 7.70. The standard InChI is InChI=1S/C19H25N5O2/c1-13(22-19(26)18(20-2)15-11-21-23(3)12-15)14-6-4-7-16(10-14)24-9-5-8-17(24)25/h4,6-7,10-13,18,20H,5,8-9H2,1-3H3,(H,22,26). The Morgan fingerprint density at radius 1 is 1.31 bits per heavy atom. The maximum absolute atomic E-state index is 12.7. The highest BCUT2D eigenvalue weighted by Crippen LogP contribution is 2.25. The Labute approximate surface area is 153 Å². The van der Waals surface area contributed by atoms with E-state index in [1.807, 2.05) is 49.3 Å². The van der Waals surface area contributed by atoms with Gasteiger partial charge in [-0.05, 0) is 38.1 Å². The van der Waals surface area contributed by atoms with Crippen LogP contribution in [0.2, 0.25) is 0 Å². The molecule has 0 radical (unpaired) electrons. The SMILES string of the molecule is CNC(C(=O)NC(C)c1cccc(N2CCCC2=O)c1)c1cnn(C)c1. The van der Waals surface area contributed by atoms with Gasteiger partial charge in [-0.15, -0.1) is 0 Å². The third-order valence-corrected chi connectivity index (χ3v) is 4.72. The van der Waals surface area contributed by atoms with Crippen molar-refractivity contribution in [3.8, 4) is 0 Å². The molecule has 26 heavy (non-hydrogen) atoms. The number of aromatic nitrogens is 2. The zero-order chi connectivity index (χ0) is 18.7. The van der Waals surface area contributed by atoms with Gasteiger partial charge in [0.15, 0.2) is 0 Å². The quantitative estimate of drug-likeness (QED) is 0.826. The Morgan fingerprint density at radius 2 is 2.12 bits per heavy atom. The number of likely N-dealkylation sites (N-methyl/N-ethyl adjacent to an activating group) is 1. The molecule has 1 aromatic heterocycles. The maximum atomic E-state index is 12.7. The van der Waals surface area contributed by atoms with Gasteiger partial charge in [0.2, 0.25) is 11.8 Å². The molecule has 7 heteroatoms. The van der Waals surface area contributed by atoms with Crippen molar-refractivity contribution in [1.29, 1.82) is 0 Å². The molecule has 2 heterocycles. The number of nitrogens with zero attached hydrogens (tertiary/aromatic N) is 3. The van der Waals surface area contributed by atoms with Crippen molar-refractivity contribution in [3.63, 3.8) is 0 Å². The van der Waals surface area contributed by atoms with E-state index in [-0.39, 0.29) is 17.9 Å². The second-order valence-electron chi connectivity index (χ2n) is 6.64. The molecule has 138 valence electrons. The Balaban J connectivity index is 1.72. The van der Waals surface area contributed by atoms with Crippen LogP contribution < -0.4 is 15.5 Å². The Kier molecular flexibility index (Phi) is 5.37. The second-order valence-corrected chi connectivity index (χ2v) is 6.64. The van der Waals surface area contributed by atoms with Crippen molar-refractivity contribution >= 4 is 17.5 Å². The van der Waals surface area contributed by atoms with Crippen LogP contribution in [-0.4, -0.2) is 35.2 Å². The molecule has 1 fully saturated rings. The van der Waals surface area contributed by atoms with Crippen LogP contribution in [0.5, 0.6) is 0 Å². The molecular formula is C19H25N5O2. The molecular weight excluding hydrogens is 330 g/mol. The normalized spacial score (nSPS) is 16.6. The molecule has 0 saturated carbocycles. The predicted octanol–water partition coefficient (Wildman–Crippen LogP) is 1.68. The van der Waals surface area contributed by atoms with Gasteiger partial charge in [-0.1, -0.05) is 12.1 Å².